The molecular weight excluding hydrogens is 214 g/mol. The maximum absolute atomic E-state index is 4.77. The van der Waals surface area contributed by atoms with Crippen LogP contribution in [0.4, 0.5) is 0 Å². The molecule has 1 nitrogen and oxygen atoms in total. The second kappa shape index (κ2) is 5.81. The fraction of sp³-hybridized carbons (Fsp3) is 0.786. The van der Waals surface area contributed by atoms with Crippen LogP contribution in [-0.2, 0) is 5.41 Å². The van der Waals surface area contributed by atoms with Crippen molar-refractivity contribution in [3.63, 3.8) is 0 Å². The Balaban J connectivity index is 2.95. The van der Waals surface area contributed by atoms with Gasteiger partial charge in [0, 0.05) is 10.3 Å². The molecule has 0 radical (unpaired) electrons. The van der Waals surface area contributed by atoms with Gasteiger partial charge in [-0.05, 0) is 26.7 Å². The van der Waals surface area contributed by atoms with Crippen molar-refractivity contribution in [2.45, 2.75) is 72.1 Å². The number of nitrogens with zero attached hydrogens (tertiary/aromatic N) is 1. The van der Waals surface area contributed by atoms with Crippen LogP contribution in [0.3, 0.4) is 0 Å². The third kappa shape index (κ3) is 3.07. The van der Waals surface area contributed by atoms with Crippen LogP contribution in [0.2, 0.25) is 0 Å². The van der Waals surface area contributed by atoms with E-state index >= 15 is 0 Å². The number of thiazole rings is 1. The second-order valence-corrected chi connectivity index (χ2v) is 6.46. The highest BCUT2D eigenvalue weighted by molar-refractivity contribution is 7.11. The first-order valence-electron chi connectivity index (χ1n) is 6.48. The van der Waals surface area contributed by atoms with E-state index in [0.29, 0.717) is 5.41 Å². The van der Waals surface area contributed by atoms with Gasteiger partial charge in [0.15, 0.2) is 0 Å². The minimum Gasteiger partial charge on any atom is -0.246 e. The minimum atomic E-state index is 0.305. The lowest BCUT2D eigenvalue weighted by molar-refractivity contribution is 0.372. The van der Waals surface area contributed by atoms with Crippen LogP contribution in [-0.4, -0.2) is 4.98 Å². The first-order chi connectivity index (χ1) is 7.53. The van der Waals surface area contributed by atoms with Crippen LogP contribution in [0.15, 0.2) is 0 Å². The van der Waals surface area contributed by atoms with Gasteiger partial charge >= 0.3 is 0 Å². The van der Waals surface area contributed by atoms with Gasteiger partial charge in [-0.15, -0.1) is 11.3 Å². The minimum absolute atomic E-state index is 0.305. The van der Waals surface area contributed by atoms with Gasteiger partial charge in [0.25, 0.3) is 0 Å². The molecule has 1 aromatic heterocycles. The van der Waals surface area contributed by atoms with Crippen LogP contribution in [0, 0.1) is 13.8 Å². The number of hydrogen-bond acceptors (Lipinski definition) is 2. The van der Waals surface area contributed by atoms with E-state index in [1.807, 2.05) is 11.3 Å². The molecule has 0 aliphatic carbocycles. The summed E-state index contributed by atoms with van der Waals surface area (Å²) < 4.78 is 0. The summed E-state index contributed by atoms with van der Waals surface area (Å²) in [5, 5.41) is 1.21. The second-order valence-electron chi connectivity index (χ2n) is 5.05. The topological polar surface area (TPSA) is 12.9 Å². The molecule has 0 aliphatic heterocycles. The lowest BCUT2D eigenvalue weighted by atomic mass is 9.77. The zero-order chi connectivity index (χ0) is 12.2. The molecule has 16 heavy (non-hydrogen) atoms. The van der Waals surface area contributed by atoms with Crippen LogP contribution in [0.5, 0.6) is 0 Å². The van der Waals surface area contributed by atoms with Gasteiger partial charge < -0.3 is 0 Å². The largest absolute Gasteiger partial charge is 0.246 e. The normalized spacial score (nSPS) is 15.1. The highest BCUT2D eigenvalue weighted by Crippen LogP contribution is 2.37. The van der Waals surface area contributed by atoms with Gasteiger partial charge in [0.2, 0.25) is 0 Å². The quantitative estimate of drug-likeness (QED) is 0.680. The predicted octanol–water partition coefficient (Wildman–Crippen LogP) is 5.01. The molecule has 1 aromatic rings. The van der Waals surface area contributed by atoms with Crippen molar-refractivity contribution in [1.82, 2.24) is 4.98 Å². The Bertz CT molecular complexity index is 329. The molecule has 0 N–H and O–H groups in total. The molecule has 2 heteroatoms. The number of hydrogen-bond donors (Lipinski definition) is 0. The van der Waals surface area contributed by atoms with Gasteiger partial charge in [-0.25, -0.2) is 4.98 Å². The zero-order valence-electron chi connectivity index (χ0n) is 11.4. The molecule has 0 saturated carbocycles. The Morgan fingerprint density at radius 2 is 1.81 bits per heavy atom. The van der Waals surface area contributed by atoms with Crippen molar-refractivity contribution < 1.29 is 0 Å². The van der Waals surface area contributed by atoms with E-state index in [9.17, 15) is 0 Å². The summed E-state index contributed by atoms with van der Waals surface area (Å²) in [5.41, 5.74) is 1.67. The predicted molar refractivity (Wildman–Crippen MR) is 73.4 cm³/mol. The first kappa shape index (κ1) is 13.7. The standard InChI is InChI=1S/C14H25NS/c1-6-8-10-14(5,9-7-2)13-11(3)16-12(4)15-13/h6-10H2,1-5H3. The summed E-state index contributed by atoms with van der Waals surface area (Å²) in [7, 11) is 0. The Morgan fingerprint density at radius 1 is 1.12 bits per heavy atom. The Labute approximate surface area is 104 Å². The monoisotopic (exact) mass is 239 g/mol. The lowest BCUT2D eigenvalue weighted by Gasteiger charge is -2.28. The fourth-order valence-corrected chi connectivity index (χ4v) is 3.54. The molecule has 92 valence electrons. The van der Waals surface area contributed by atoms with Gasteiger partial charge in [-0.2, -0.15) is 0 Å². The highest BCUT2D eigenvalue weighted by Gasteiger charge is 2.29. The molecule has 0 amide bonds. The van der Waals surface area contributed by atoms with E-state index in [4.69, 9.17) is 4.98 Å². The smallest absolute Gasteiger partial charge is 0.0900 e. The van der Waals surface area contributed by atoms with Crippen molar-refractivity contribution in [3.8, 4) is 0 Å². The summed E-state index contributed by atoms with van der Waals surface area (Å²) >= 11 is 1.84. The van der Waals surface area contributed by atoms with Crippen LogP contribution >= 0.6 is 11.3 Å². The fourth-order valence-electron chi connectivity index (χ4n) is 2.57. The summed E-state index contributed by atoms with van der Waals surface area (Å²) in [5.74, 6) is 0. The zero-order valence-corrected chi connectivity index (χ0v) is 12.2. The Kier molecular flexibility index (Phi) is 4.97. The van der Waals surface area contributed by atoms with E-state index in [1.165, 1.54) is 47.7 Å². The molecule has 1 heterocycles. The molecule has 0 aliphatic rings. The number of aryl methyl sites for hydroxylation is 2. The lowest BCUT2D eigenvalue weighted by Crippen LogP contribution is -2.23. The maximum atomic E-state index is 4.77. The molecule has 0 bridgehead atoms. The van der Waals surface area contributed by atoms with E-state index in [0.717, 1.165) is 0 Å². The van der Waals surface area contributed by atoms with E-state index in [1.54, 1.807) is 0 Å². The Hall–Kier alpha value is -0.370. The van der Waals surface area contributed by atoms with Crippen molar-refractivity contribution in [2.75, 3.05) is 0 Å². The molecule has 1 unspecified atom stereocenters. The van der Waals surface area contributed by atoms with Gasteiger partial charge in [-0.3, -0.25) is 0 Å². The van der Waals surface area contributed by atoms with Crippen LogP contribution < -0.4 is 0 Å². The summed E-state index contributed by atoms with van der Waals surface area (Å²) in [6.07, 6.45) is 6.38. The van der Waals surface area contributed by atoms with Crippen molar-refractivity contribution in [1.29, 1.82) is 0 Å². The third-order valence-corrected chi connectivity index (χ3v) is 4.25. The van der Waals surface area contributed by atoms with Crippen molar-refractivity contribution >= 4 is 11.3 Å². The molecular formula is C14H25NS. The summed E-state index contributed by atoms with van der Waals surface area (Å²) in [6.45, 7) is 11.3. The Morgan fingerprint density at radius 3 is 2.25 bits per heavy atom. The van der Waals surface area contributed by atoms with Gasteiger partial charge in [0.1, 0.15) is 0 Å². The van der Waals surface area contributed by atoms with E-state index in [2.05, 4.69) is 34.6 Å². The highest BCUT2D eigenvalue weighted by atomic mass is 32.1. The molecule has 0 fully saturated rings. The van der Waals surface area contributed by atoms with Gasteiger partial charge in [0.05, 0.1) is 10.7 Å². The molecule has 0 aromatic carbocycles. The van der Waals surface area contributed by atoms with Crippen molar-refractivity contribution in [3.05, 3.63) is 15.6 Å². The number of rotatable bonds is 6. The SMILES string of the molecule is CCCCC(C)(CCC)c1nc(C)sc1C. The van der Waals surface area contributed by atoms with E-state index in [-0.39, 0.29) is 0 Å². The molecule has 0 saturated heterocycles. The van der Waals surface area contributed by atoms with Gasteiger partial charge in [-0.1, -0.05) is 40.0 Å². The third-order valence-electron chi connectivity index (χ3n) is 3.36. The first-order valence-corrected chi connectivity index (χ1v) is 7.29. The summed E-state index contributed by atoms with van der Waals surface area (Å²) in [4.78, 5) is 6.19. The van der Waals surface area contributed by atoms with Crippen molar-refractivity contribution in [2.24, 2.45) is 0 Å². The maximum Gasteiger partial charge on any atom is 0.0900 e. The molecule has 0 spiro atoms. The van der Waals surface area contributed by atoms with Crippen LogP contribution in [0.1, 0.15) is 68.5 Å². The average Bonchev–Trinajstić information content (AvgIpc) is 2.56. The molecule has 1 atom stereocenters. The summed E-state index contributed by atoms with van der Waals surface area (Å²) in [6, 6.07) is 0. The van der Waals surface area contributed by atoms with Crippen LogP contribution in [0.25, 0.3) is 0 Å². The average molecular weight is 239 g/mol. The molecule has 1 rings (SSSR count). The number of unbranched alkanes of at least 4 members (excludes halogenated alkanes) is 1. The number of aromatic nitrogens is 1. The van der Waals surface area contributed by atoms with E-state index < -0.39 is 0 Å².